The highest BCUT2D eigenvalue weighted by molar-refractivity contribution is 6.27. The van der Waals surface area contributed by atoms with Gasteiger partial charge in [0.2, 0.25) is 11.8 Å². The van der Waals surface area contributed by atoms with Gasteiger partial charge in [-0.05, 0) is 13.3 Å². The van der Waals surface area contributed by atoms with Crippen LogP contribution in [-0.4, -0.2) is 42.2 Å². The predicted molar refractivity (Wildman–Crippen MR) is 56.3 cm³/mol. The normalized spacial score (nSPS) is 12.0. The van der Waals surface area contributed by atoms with Crippen LogP contribution in [0.5, 0.6) is 0 Å². The number of likely N-dealkylation sites (N-methyl/N-ethyl adjacent to an activating group) is 1. The average molecular weight is 221 g/mol. The second kappa shape index (κ2) is 6.65. The van der Waals surface area contributed by atoms with Crippen LogP contribution in [0.15, 0.2) is 0 Å². The van der Waals surface area contributed by atoms with Crippen LogP contribution >= 0.6 is 11.6 Å². The fourth-order valence-corrected chi connectivity index (χ4v) is 1.03. The van der Waals surface area contributed by atoms with E-state index in [1.165, 1.54) is 4.90 Å². The average Bonchev–Trinajstić information content (AvgIpc) is 2.15. The smallest absolute Gasteiger partial charge is 0.239 e. The number of amides is 2. The molecule has 0 aliphatic heterocycles. The van der Waals surface area contributed by atoms with Crippen molar-refractivity contribution in [2.45, 2.75) is 26.3 Å². The van der Waals surface area contributed by atoms with Crippen LogP contribution in [0, 0.1) is 0 Å². The molecule has 4 nitrogen and oxygen atoms in total. The molecule has 0 saturated heterocycles. The van der Waals surface area contributed by atoms with Crippen molar-refractivity contribution in [1.82, 2.24) is 10.2 Å². The Bertz CT molecular complexity index is 209. The molecular formula is C9H17ClN2O2. The first-order valence-corrected chi connectivity index (χ1v) is 5.14. The third kappa shape index (κ3) is 5.07. The van der Waals surface area contributed by atoms with E-state index in [-0.39, 0.29) is 30.3 Å². The fourth-order valence-electron chi connectivity index (χ4n) is 0.828. The van der Waals surface area contributed by atoms with Gasteiger partial charge in [-0.2, -0.15) is 0 Å². The molecule has 1 unspecified atom stereocenters. The van der Waals surface area contributed by atoms with Crippen molar-refractivity contribution in [3.8, 4) is 0 Å². The number of alkyl halides is 1. The van der Waals surface area contributed by atoms with Gasteiger partial charge < -0.3 is 10.2 Å². The number of hydrogen-bond donors (Lipinski definition) is 1. The van der Waals surface area contributed by atoms with Crippen molar-refractivity contribution in [2.75, 3.05) is 19.5 Å². The Balaban J connectivity index is 3.88. The lowest BCUT2D eigenvalue weighted by Crippen LogP contribution is -2.41. The van der Waals surface area contributed by atoms with Gasteiger partial charge in [0.25, 0.3) is 0 Å². The number of halogens is 1. The van der Waals surface area contributed by atoms with Gasteiger partial charge in [-0.1, -0.05) is 6.92 Å². The Hall–Kier alpha value is -0.770. The highest BCUT2D eigenvalue weighted by Crippen LogP contribution is 1.91. The second-order valence-corrected chi connectivity index (χ2v) is 3.53. The molecule has 82 valence electrons. The van der Waals surface area contributed by atoms with Crippen molar-refractivity contribution in [2.24, 2.45) is 0 Å². The number of hydrogen-bond acceptors (Lipinski definition) is 2. The van der Waals surface area contributed by atoms with Gasteiger partial charge in [0.1, 0.15) is 5.88 Å². The summed E-state index contributed by atoms with van der Waals surface area (Å²) in [6.45, 7) is 3.97. The van der Waals surface area contributed by atoms with Crippen LogP contribution in [0.25, 0.3) is 0 Å². The summed E-state index contributed by atoms with van der Waals surface area (Å²) in [7, 11) is 1.56. The molecule has 0 bridgehead atoms. The molecule has 0 radical (unpaired) electrons. The maximum absolute atomic E-state index is 11.3. The zero-order valence-corrected chi connectivity index (χ0v) is 9.60. The first kappa shape index (κ1) is 13.2. The molecule has 0 rings (SSSR count). The van der Waals surface area contributed by atoms with Gasteiger partial charge in [-0.15, -0.1) is 11.6 Å². The predicted octanol–water partition coefficient (Wildman–Crippen LogP) is 0.598. The van der Waals surface area contributed by atoms with E-state index in [0.29, 0.717) is 0 Å². The minimum Gasteiger partial charge on any atom is -0.352 e. The highest BCUT2D eigenvalue weighted by atomic mass is 35.5. The molecule has 0 fully saturated rings. The molecule has 0 aromatic heterocycles. The summed E-state index contributed by atoms with van der Waals surface area (Å²) >= 11 is 5.34. The minimum absolute atomic E-state index is 0.0654. The van der Waals surface area contributed by atoms with Gasteiger partial charge in [-0.3, -0.25) is 9.59 Å². The van der Waals surface area contributed by atoms with Crippen molar-refractivity contribution in [3.63, 3.8) is 0 Å². The molecule has 1 N–H and O–H groups in total. The molecule has 2 amide bonds. The molecule has 0 heterocycles. The van der Waals surface area contributed by atoms with Crippen molar-refractivity contribution in [3.05, 3.63) is 0 Å². The molecule has 1 atom stereocenters. The van der Waals surface area contributed by atoms with E-state index in [1.54, 1.807) is 7.05 Å². The Morgan fingerprint density at radius 2 is 2.07 bits per heavy atom. The Morgan fingerprint density at radius 3 is 2.50 bits per heavy atom. The first-order chi connectivity index (χ1) is 6.51. The zero-order valence-electron chi connectivity index (χ0n) is 8.84. The molecule has 0 aromatic rings. The summed E-state index contributed by atoms with van der Waals surface area (Å²) in [5.74, 6) is -0.487. The van der Waals surface area contributed by atoms with Gasteiger partial charge in [0.15, 0.2) is 0 Å². The molecule has 14 heavy (non-hydrogen) atoms. The van der Waals surface area contributed by atoms with E-state index in [1.807, 2.05) is 13.8 Å². The topological polar surface area (TPSA) is 49.4 Å². The third-order valence-electron chi connectivity index (χ3n) is 1.94. The van der Waals surface area contributed by atoms with E-state index in [4.69, 9.17) is 11.6 Å². The van der Waals surface area contributed by atoms with Crippen molar-refractivity contribution < 1.29 is 9.59 Å². The second-order valence-electron chi connectivity index (χ2n) is 3.26. The van der Waals surface area contributed by atoms with Crippen molar-refractivity contribution >= 4 is 23.4 Å². The van der Waals surface area contributed by atoms with Crippen LogP contribution in [-0.2, 0) is 9.59 Å². The van der Waals surface area contributed by atoms with E-state index in [0.717, 1.165) is 6.42 Å². The Morgan fingerprint density at radius 1 is 1.50 bits per heavy atom. The van der Waals surface area contributed by atoms with E-state index >= 15 is 0 Å². The fraction of sp³-hybridized carbons (Fsp3) is 0.778. The monoisotopic (exact) mass is 220 g/mol. The maximum Gasteiger partial charge on any atom is 0.239 e. The molecule has 0 aliphatic rings. The van der Waals surface area contributed by atoms with Crippen LogP contribution in [0.4, 0.5) is 0 Å². The molecule has 5 heteroatoms. The minimum atomic E-state index is -0.244. The number of carbonyl (C=O) groups is 2. The van der Waals surface area contributed by atoms with Gasteiger partial charge >= 0.3 is 0 Å². The quantitative estimate of drug-likeness (QED) is 0.690. The van der Waals surface area contributed by atoms with Gasteiger partial charge in [-0.25, -0.2) is 0 Å². The van der Waals surface area contributed by atoms with Crippen LogP contribution in [0.2, 0.25) is 0 Å². The molecule has 0 saturated carbocycles. The highest BCUT2D eigenvalue weighted by Gasteiger charge is 2.12. The number of carbonyl (C=O) groups excluding carboxylic acids is 2. The Labute approximate surface area is 89.6 Å². The summed E-state index contributed by atoms with van der Waals surface area (Å²) in [6, 6.07) is 0.141. The van der Waals surface area contributed by atoms with Gasteiger partial charge in [0.05, 0.1) is 6.54 Å². The standard InChI is InChI=1S/C9H17ClN2O2/c1-4-7(2)11-8(13)6-12(3)9(14)5-10/h7H,4-6H2,1-3H3,(H,11,13). The number of nitrogens with one attached hydrogen (secondary N) is 1. The first-order valence-electron chi connectivity index (χ1n) is 4.60. The number of nitrogens with zero attached hydrogens (tertiary/aromatic N) is 1. The van der Waals surface area contributed by atoms with E-state index in [9.17, 15) is 9.59 Å². The van der Waals surface area contributed by atoms with Crippen molar-refractivity contribution in [1.29, 1.82) is 0 Å². The maximum atomic E-state index is 11.3. The lowest BCUT2D eigenvalue weighted by molar-refractivity contribution is -0.133. The summed E-state index contributed by atoms with van der Waals surface area (Å²) < 4.78 is 0. The summed E-state index contributed by atoms with van der Waals surface area (Å²) in [5, 5.41) is 2.76. The summed E-state index contributed by atoms with van der Waals surface area (Å²) in [5.41, 5.74) is 0. The third-order valence-corrected chi connectivity index (χ3v) is 2.17. The van der Waals surface area contributed by atoms with Gasteiger partial charge in [0, 0.05) is 13.1 Å². The zero-order chi connectivity index (χ0) is 11.1. The molecule has 0 aliphatic carbocycles. The SMILES string of the molecule is CCC(C)NC(=O)CN(C)C(=O)CCl. The largest absolute Gasteiger partial charge is 0.352 e. The Kier molecular flexibility index (Phi) is 6.28. The lowest BCUT2D eigenvalue weighted by atomic mass is 10.2. The summed E-state index contributed by atoms with van der Waals surface area (Å²) in [4.78, 5) is 23.6. The molecular weight excluding hydrogens is 204 g/mol. The van der Waals surface area contributed by atoms with Crippen LogP contribution in [0.3, 0.4) is 0 Å². The summed E-state index contributed by atoms with van der Waals surface area (Å²) in [6.07, 6.45) is 0.874. The molecule has 0 spiro atoms. The number of rotatable bonds is 5. The van der Waals surface area contributed by atoms with E-state index in [2.05, 4.69) is 5.32 Å². The lowest BCUT2D eigenvalue weighted by Gasteiger charge is -2.17. The van der Waals surface area contributed by atoms with E-state index < -0.39 is 0 Å². The van der Waals surface area contributed by atoms with Crippen LogP contribution in [0.1, 0.15) is 20.3 Å². The van der Waals surface area contributed by atoms with Crippen LogP contribution < -0.4 is 5.32 Å². The molecule has 0 aromatic carbocycles.